The first-order chi connectivity index (χ1) is 33.7. The minimum absolute atomic E-state index is 0.0807. The normalized spacial score (nSPS) is 15.3. The number of aromatic nitrogens is 6. The molecule has 348 valence electrons. The van der Waals surface area contributed by atoms with Gasteiger partial charge in [0.1, 0.15) is 29.8 Å². The van der Waals surface area contributed by atoms with Crippen LogP contribution in [0.4, 0.5) is 13.2 Å². The summed E-state index contributed by atoms with van der Waals surface area (Å²) in [6.45, 7) is 6.52. The molecule has 2 atom stereocenters. The van der Waals surface area contributed by atoms with Crippen molar-refractivity contribution in [3.8, 4) is 57.4 Å². The molecule has 0 radical (unpaired) electrons. The van der Waals surface area contributed by atoms with Crippen LogP contribution < -0.4 is 14.2 Å². The highest BCUT2D eigenvalue weighted by Gasteiger charge is 2.34. The van der Waals surface area contributed by atoms with Gasteiger partial charge in [0.15, 0.2) is 23.1 Å². The van der Waals surface area contributed by atoms with Gasteiger partial charge in [0, 0.05) is 54.6 Å². The summed E-state index contributed by atoms with van der Waals surface area (Å²) in [5.74, 6) is 5.45. The number of ether oxygens (including phenoxy) is 3. The first-order valence-electron chi connectivity index (χ1n) is 22.2. The number of likely N-dealkylation sites (tertiary alicyclic amines) is 2. The van der Waals surface area contributed by atoms with Crippen LogP contribution >= 0.6 is 0 Å². The lowest BCUT2D eigenvalue weighted by molar-refractivity contribution is -0.127. The molecule has 0 unspecified atom stereocenters. The maximum absolute atomic E-state index is 14.5. The van der Waals surface area contributed by atoms with Crippen LogP contribution in [0.2, 0.25) is 0 Å². The fourth-order valence-corrected chi connectivity index (χ4v) is 8.76. The number of hydrogen-bond donors (Lipinski definition) is 0. The number of methoxy groups -OCH3 is 1. The third-order valence-corrected chi connectivity index (χ3v) is 12.1. The number of carbonyl (C=O) groups excluding carboxylic acids is 2. The number of rotatable bonds is 11. The van der Waals surface area contributed by atoms with E-state index in [0.29, 0.717) is 24.6 Å². The number of fused-ring (bicyclic) bond motifs is 2. The fourth-order valence-electron chi connectivity index (χ4n) is 8.76. The zero-order valence-electron chi connectivity index (χ0n) is 37.7. The molecule has 16 heteroatoms. The molecular weight excluding hydrogens is 886 g/mol. The Labute approximate surface area is 395 Å². The number of amides is 2. The number of halogens is 3. The van der Waals surface area contributed by atoms with Gasteiger partial charge in [0.05, 0.1) is 54.0 Å². The van der Waals surface area contributed by atoms with Gasteiger partial charge in [-0.3, -0.25) is 28.4 Å². The quantitative estimate of drug-likeness (QED) is 0.0920. The van der Waals surface area contributed by atoms with E-state index in [2.05, 4.69) is 28.4 Å². The Bertz CT molecular complexity index is 3250. The topological polar surface area (TPSA) is 129 Å². The molecule has 0 N–H and O–H groups in total. The van der Waals surface area contributed by atoms with Crippen molar-refractivity contribution < 1.29 is 37.0 Å². The minimum Gasteiger partial charge on any atom is -0.494 e. The summed E-state index contributed by atoms with van der Waals surface area (Å²) >= 11 is 0. The van der Waals surface area contributed by atoms with E-state index in [0.717, 1.165) is 76.9 Å². The second-order valence-electron chi connectivity index (χ2n) is 16.2. The lowest BCUT2D eigenvalue weighted by Gasteiger charge is -2.22. The van der Waals surface area contributed by atoms with Crippen molar-refractivity contribution in [3.05, 3.63) is 169 Å². The molecule has 10 rings (SSSR count). The molecule has 2 amide bonds. The molecule has 2 fully saturated rings. The Morgan fingerprint density at radius 2 is 1.30 bits per heavy atom. The zero-order valence-corrected chi connectivity index (χ0v) is 37.7. The first kappa shape index (κ1) is 45.7. The second-order valence-corrected chi connectivity index (χ2v) is 16.2. The molecule has 4 aromatic heterocycles. The lowest BCUT2D eigenvalue weighted by atomic mass is 10.1. The second kappa shape index (κ2) is 20.2. The summed E-state index contributed by atoms with van der Waals surface area (Å²) < 4.78 is 62.1. The molecule has 13 nitrogen and oxygen atoms in total. The SMILES string of the molecule is C=CC(=O)N1CCC[C@H]1c1nc(-c2ccc(OCc3cccc(F)c3F)cc2)c2cnccn12.CC#CC(=O)N1CCC[C@H]1c1nc(-c2ccc(Oc3cccc(OC)c3F)cc2)c2cnccn12. The van der Waals surface area contributed by atoms with E-state index in [9.17, 15) is 22.8 Å². The Morgan fingerprint density at radius 3 is 1.90 bits per heavy atom. The third-order valence-electron chi connectivity index (χ3n) is 12.1. The van der Waals surface area contributed by atoms with Gasteiger partial charge >= 0.3 is 0 Å². The van der Waals surface area contributed by atoms with Gasteiger partial charge in [0.25, 0.3) is 5.91 Å². The maximum Gasteiger partial charge on any atom is 0.299 e. The third kappa shape index (κ3) is 9.31. The number of nitrogens with zero attached hydrogens (tertiary/aromatic N) is 8. The maximum atomic E-state index is 14.5. The van der Waals surface area contributed by atoms with Gasteiger partial charge in [0.2, 0.25) is 11.7 Å². The van der Waals surface area contributed by atoms with E-state index < -0.39 is 17.5 Å². The summed E-state index contributed by atoms with van der Waals surface area (Å²) in [6, 6.07) is 23.0. The highest BCUT2D eigenvalue weighted by atomic mass is 19.2. The van der Waals surface area contributed by atoms with Crippen LogP contribution in [-0.4, -0.2) is 70.6 Å². The number of hydrogen-bond acceptors (Lipinski definition) is 9. The Balaban J connectivity index is 0.000000172. The van der Waals surface area contributed by atoms with Crippen molar-refractivity contribution in [2.45, 2.75) is 51.3 Å². The molecule has 0 bridgehead atoms. The summed E-state index contributed by atoms with van der Waals surface area (Å²) in [6.07, 6.45) is 15.4. The molecule has 6 heterocycles. The van der Waals surface area contributed by atoms with E-state index >= 15 is 0 Å². The number of carbonyl (C=O) groups is 2. The van der Waals surface area contributed by atoms with Gasteiger partial charge in [-0.1, -0.05) is 30.7 Å². The standard InChI is InChI=1S/C27H23FN4O3.C26H22F2N4O2/c1-3-6-24(33)31-15-5-7-20(31)27-30-26(21-17-29-14-16-32(21)27)18-10-12-19(13-11-18)35-23-9-4-8-22(34-2)25(23)28;1-2-23(33)31-13-4-7-21(31)26-30-25(22-15-29-12-14-32(22)26)17-8-10-19(11-9-17)34-16-18-5-3-6-20(27)24(18)28/h4,8-14,16-17,20H,5,7,15H2,1-2H3;2-3,5-6,8-12,14-15,21H,1,4,7,13,16H2/t20-;21-/m00/s1. The van der Waals surface area contributed by atoms with Crippen LogP contribution in [0, 0.1) is 29.3 Å². The van der Waals surface area contributed by atoms with Gasteiger partial charge in [-0.15, -0.1) is 0 Å². The Morgan fingerprint density at radius 1 is 0.739 bits per heavy atom. The molecule has 2 aliphatic heterocycles. The largest absolute Gasteiger partial charge is 0.494 e. The number of imidazole rings is 2. The van der Waals surface area contributed by atoms with E-state index in [4.69, 9.17) is 24.2 Å². The van der Waals surface area contributed by atoms with Crippen LogP contribution in [0.1, 0.15) is 61.9 Å². The van der Waals surface area contributed by atoms with Gasteiger partial charge in [-0.2, -0.15) is 4.39 Å². The summed E-state index contributed by atoms with van der Waals surface area (Å²) in [5, 5.41) is 0. The van der Waals surface area contributed by atoms with Crippen LogP contribution in [0.15, 0.2) is 135 Å². The fraction of sp³-hybridized carbons (Fsp3) is 0.208. The average molecular weight is 931 g/mol. The summed E-state index contributed by atoms with van der Waals surface area (Å²) in [5.41, 5.74) is 4.98. The van der Waals surface area contributed by atoms with Gasteiger partial charge < -0.3 is 24.0 Å². The van der Waals surface area contributed by atoms with E-state index in [1.54, 1.807) is 77.9 Å². The predicted molar refractivity (Wildman–Crippen MR) is 252 cm³/mol. The van der Waals surface area contributed by atoms with Crippen LogP contribution in [0.5, 0.6) is 23.0 Å². The van der Waals surface area contributed by atoms with E-state index in [1.165, 1.54) is 31.4 Å². The van der Waals surface area contributed by atoms with E-state index in [1.807, 2.05) is 45.5 Å². The van der Waals surface area contributed by atoms with Crippen molar-refractivity contribution in [1.82, 2.24) is 38.5 Å². The van der Waals surface area contributed by atoms with Gasteiger partial charge in [-0.25, -0.2) is 18.7 Å². The zero-order chi connectivity index (χ0) is 48.0. The highest BCUT2D eigenvalue weighted by Crippen LogP contribution is 2.38. The molecule has 0 saturated carbocycles. The van der Waals surface area contributed by atoms with Crippen LogP contribution in [-0.2, 0) is 16.2 Å². The van der Waals surface area contributed by atoms with E-state index in [-0.39, 0.29) is 47.6 Å². The molecule has 0 spiro atoms. The minimum atomic E-state index is -0.903. The molecule has 69 heavy (non-hydrogen) atoms. The molecule has 4 aromatic carbocycles. The lowest BCUT2D eigenvalue weighted by Crippen LogP contribution is -2.30. The Hall–Kier alpha value is -8.45. The average Bonchev–Trinajstić information content (AvgIpc) is 4.21. The molecule has 2 saturated heterocycles. The van der Waals surface area contributed by atoms with Crippen LogP contribution in [0.3, 0.4) is 0 Å². The highest BCUT2D eigenvalue weighted by molar-refractivity contribution is 5.94. The molecular formula is C53H45F3N8O5. The van der Waals surface area contributed by atoms with Crippen molar-refractivity contribution in [2.24, 2.45) is 0 Å². The van der Waals surface area contributed by atoms with Crippen molar-refractivity contribution >= 4 is 22.8 Å². The smallest absolute Gasteiger partial charge is 0.299 e. The van der Waals surface area contributed by atoms with Crippen molar-refractivity contribution in [2.75, 3.05) is 20.2 Å². The van der Waals surface area contributed by atoms with Crippen molar-refractivity contribution in [1.29, 1.82) is 0 Å². The van der Waals surface area contributed by atoms with Crippen molar-refractivity contribution in [3.63, 3.8) is 0 Å². The molecule has 8 aromatic rings. The van der Waals surface area contributed by atoms with Gasteiger partial charge in [-0.05, 0) is 111 Å². The number of benzene rings is 4. The molecule has 2 aliphatic rings. The van der Waals surface area contributed by atoms with Crippen LogP contribution in [0.25, 0.3) is 33.5 Å². The first-order valence-corrected chi connectivity index (χ1v) is 22.2. The predicted octanol–water partition coefficient (Wildman–Crippen LogP) is 10.1. The monoisotopic (exact) mass is 930 g/mol. The Kier molecular flexibility index (Phi) is 13.4. The summed E-state index contributed by atoms with van der Waals surface area (Å²) in [4.78, 5) is 46.9. The molecule has 0 aliphatic carbocycles. The summed E-state index contributed by atoms with van der Waals surface area (Å²) in [7, 11) is 1.41.